The number of esters is 1. The zero-order valence-electron chi connectivity index (χ0n) is 64.9. The van der Waals surface area contributed by atoms with Crippen LogP contribution in [0.4, 0.5) is 11.6 Å². The Bertz CT molecular complexity index is 4780. The number of nitrogen functional groups attached to an aromatic ring is 1. The number of nitrogens with one attached hydrogen (secondary N) is 4. The van der Waals surface area contributed by atoms with Crippen molar-refractivity contribution in [2.75, 3.05) is 51.1 Å². The number of carbonyl (C=O) groups excluding carboxylic acids is 9. The number of likely N-dealkylation sites (N-methyl/N-ethyl adjacent to an activating group) is 1. The van der Waals surface area contributed by atoms with Gasteiger partial charge in [-0.2, -0.15) is 4.98 Å². The highest BCUT2D eigenvalue weighted by atomic mass is 32.2. The first-order valence-electron chi connectivity index (χ1n) is 38.1. The van der Waals surface area contributed by atoms with E-state index in [1.165, 1.54) is 54.7 Å². The van der Waals surface area contributed by atoms with E-state index < -0.39 is 234 Å². The van der Waals surface area contributed by atoms with Gasteiger partial charge in [-0.15, -0.1) is 11.8 Å². The van der Waals surface area contributed by atoms with Crippen LogP contribution in [0.2, 0.25) is 0 Å². The number of thioether (sulfide) groups is 1. The van der Waals surface area contributed by atoms with E-state index in [0.29, 0.717) is 23.5 Å². The van der Waals surface area contributed by atoms with Gasteiger partial charge >= 0.3 is 23.9 Å². The number of aromatic amines is 1. The number of methoxy groups -OCH3 is 1. The number of ether oxygens (including phenoxy) is 7. The third-order valence-corrected chi connectivity index (χ3v) is 23.1. The van der Waals surface area contributed by atoms with Gasteiger partial charge < -0.3 is 95.5 Å². The molecule has 0 bridgehead atoms. The number of carboxylic acids is 3. The number of phenolic OH excluding ortho intramolecular Hbond substituents is 2. The number of H-pyrrole nitrogens is 1. The molecular weight excluding hydrogens is 1550 g/mol. The van der Waals surface area contributed by atoms with E-state index in [-0.39, 0.29) is 115 Å². The number of phenols is 2. The number of carbonyl (C=O) groups is 12. The smallest absolute Gasteiger partial charge is 0.327 e. The number of nitrogens with zero attached hydrogens (tertiary/aromatic N) is 6. The van der Waals surface area contributed by atoms with Crippen LogP contribution in [-0.2, 0) is 82.9 Å². The zero-order valence-corrected chi connectivity index (χ0v) is 65.7. The molecular formula is C78H93N11O27S. The van der Waals surface area contributed by atoms with Gasteiger partial charge in [-0.1, -0.05) is 19.1 Å². The molecule has 17 atom stereocenters. The number of hydrogen-bond donors (Lipinski definition) is 12. The number of ketones is 4. The molecule has 0 spiro atoms. The highest BCUT2D eigenvalue weighted by molar-refractivity contribution is 8.00. The second-order valence-corrected chi connectivity index (χ2v) is 31.1. The summed E-state index contributed by atoms with van der Waals surface area (Å²) < 4.78 is 43.7. The lowest BCUT2D eigenvalue weighted by Crippen LogP contribution is -2.58. The van der Waals surface area contributed by atoms with Gasteiger partial charge in [0.05, 0.1) is 90.5 Å². The minimum Gasteiger partial charge on any atom is -0.507 e. The molecule has 38 nitrogen and oxygen atoms in total. The summed E-state index contributed by atoms with van der Waals surface area (Å²) in [5, 5.41) is 83.2. The summed E-state index contributed by atoms with van der Waals surface area (Å²) in [7, 11) is 4.79. The summed E-state index contributed by atoms with van der Waals surface area (Å²) in [4.78, 5) is 191. The molecule has 4 aliphatic heterocycles. The van der Waals surface area contributed by atoms with Crippen molar-refractivity contribution in [2.24, 2.45) is 10.9 Å². The SMILES string of the molecule is CC[C@@]1(O)C[C@H](O[C@H]2CC(N(C)C)[C@H](O[C@H]3CC(O)[C@H](O[C@H]4CCC(=NCC(=O)CCN5C(=O)CC(SCC(NC(=O)CCC(CC(=O)CCC(NC(=O)c6ccc(NCc7cnc8nc(N)[nH]c(=O)c8n7)cc6)C(=O)O)C(=O)O)C(=O)O)C5=O)C(C)O4)C(C)O3)C(C)O2)c2c(cc3c(c2O)C(=O)c2c(O)cccc2C3=O)[C@H]1C(=O)OC. The van der Waals surface area contributed by atoms with Gasteiger partial charge in [0.25, 0.3) is 11.5 Å². The van der Waals surface area contributed by atoms with Gasteiger partial charge in [-0.25, -0.2) is 19.6 Å². The molecule has 39 heteroatoms. The van der Waals surface area contributed by atoms with E-state index >= 15 is 0 Å². The number of Topliss-reactive ketones (excluding diaryl/α,β-unsaturated/α-hetero) is 2. The van der Waals surface area contributed by atoms with Crippen LogP contribution in [0.3, 0.4) is 0 Å². The maximum Gasteiger partial charge on any atom is 0.327 e. The number of benzene rings is 3. The van der Waals surface area contributed by atoms with Gasteiger partial charge in [0, 0.05) is 110 Å². The first-order valence-corrected chi connectivity index (χ1v) is 39.1. The molecule has 0 radical (unpaired) electrons. The number of aliphatic hydroxyl groups excluding tert-OH is 1. The molecule has 3 aromatic carbocycles. The minimum atomic E-state index is -1.84. The van der Waals surface area contributed by atoms with Gasteiger partial charge in [0.1, 0.15) is 47.5 Å². The molecule has 2 aromatic heterocycles. The number of aromatic nitrogens is 4. The average molecular weight is 1650 g/mol. The molecule has 0 saturated carbocycles. The lowest BCUT2D eigenvalue weighted by Gasteiger charge is -2.48. The first-order chi connectivity index (χ1) is 55.5. The Hall–Kier alpha value is -10.6. The van der Waals surface area contributed by atoms with Crippen molar-refractivity contribution in [3.8, 4) is 11.5 Å². The van der Waals surface area contributed by atoms with E-state index in [9.17, 15) is 98.1 Å². The molecule has 4 amide bonds. The van der Waals surface area contributed by atoms with Crippen LogP contribution in [0, 0.1) is 5.92 Å². The first kappa shape index (κ1) is 87.2. The van der Waals surface area contributed by atoms with Crippen molar-refractivity contribution >= 4 is 111 Å². The number of aliphatic carboxylic acids is 3. The number of aliphatic imine (C=N–C) groups is 1. The number of anilines is 2. The van der Waals surface area contributed by atoms with Crippen LogP contribution in [0.5, 0.6) is 11.5 Å². The second-order valence-electron chi connectivity index (χ2n) is 29.9. The zero-order chi connectivity index (χ0) is 84.8. The normalized spacial score (nSPS) is 26.2. The molecule has 628 valence electrons. The third kappa shape index (κ3) is 20.0. The van der Waals surface area contributed by atoms with Gasteiger partial charge in [0.15, 0.2) is 41.6 Å². The molecule has 117 heavy (non-hydrogen) atoms. The Morgan fingerprint density at radius 1 is 0.812 bits per heavy atom. The number of aromatic hydroxyl groups is 2. The number of aliphatic hydroxyl groups is 2. The maximum atomic E-state index is 14.1. The Balaban J connectivity index is 0.586. The molecule has 11 rings (SSSR count). The number of imide groups is 1. The van der Waals surface area contributed by atoms with Gasteiger partial charge in [-0.3, -0.25) is 67.6 Å². The van der Waals surface area contributed by atoms with Crippen molar-refractivity contribution < 1.29 is 126 Å². The number of fused-ring (bicyclic) bond motifs is 4. The second kappa shape index (κ2) is 37.3. The molecule has 4 saturated heterocycles. The largest absolute Gasteiger partial charge is 0.507 e. The summed E-state index contributed by atoms with van der Waals surface area (Å²) in [6.45, 7) is 6.37. The van der Waals surface area contributed by atoms with E-state index in [0.717, 1.165) is 23.8 Å². The van der Waals surface area contributed by atoms with E-state index in [4.69, 9.17) is 38.9 Å². The Kier molecular flexibility index (Phi) is 27.8. The molecule has 5 aromatic rings. The van der Waals surface area contributed by atoms with E-state index in [1.54, 1.807) is 27.7 Å². The fourth-order valence-electron chi connectivity index (χ4n) is 15.5. The van der Waals surface area contributed by atoms with Crippen LogP contribution in [0.1, 0.15) is 182 Å². The molecule has 4 fully saturated rings. The topological polar surface area (TPSA) is 564 Å². The quantitative estimate of drug-likeness (QED) is 0.0204. The predicted molar refractivity (Wildman–Crippen MR) is 410 cm³/mol. The molecule has 2 aliphatic carbocycles. The molecule has 6 aliphatic rings. The number of carboxylic acid groups (broad SMARTS) is 3. The lowest BCUT2D eigenvalue weighted by atomic mass is 9.67. The van der Waals surface area contributed by atoms with Crippen LogP contribution >= 0.6 is 11.8 Å². The number of amides is 4. The fraction of sp³-hybridized carbons (Fsp3) is 0.526. The molecule has 6 heterocycles. The third-order valence-electron chi connectivity index (χ3n) is 21.8. The summed E-state index contributed by atoms with van der Waals surface area (Å²) in [6.07, 6.45) is -10.0. The minimum absolute atomic E-state index is 0.00429. The predicted octanol–water partition coefficient (Wildman–Crippen LogP) is 2.74. The van der Waals surface area contributed by atoms with Crippen molar-refractivity contribution in [2.45, 2.75) is 214 Å². The van der Waals surface area contributed by atoms with Crippen molar-refractivity contribution in [1.82, 2.24) is 40.4 Å². The highest BCUT2D eigenvalue weighted by Gasteiger charge is 2.54. The number of hydrogen-bond acceptors (Lipinski definition) is 32. The van der Waals surface area contributed by atoms with Crippen molar-refractivity contribution in [3.05, 3.63) is 110 Å². The highest BCUT2D eigenvalue weighted by Crippen LogP contribution is 2.54. The van der Waals surface area contributed by atoms with Gasteiger partial charge in [0.2, 0.25) is 29.5 Å². The van der Waals surface area contributed by atoms with E-state index in [1.807, 2.05) is 19.0 Å². The Labute approximate surface area is 672 Å². The Morgan fingerprint density at radius 3 is 2.18 bits per heavy atom. The van der Waals surface area contributed by atoms with Crippen LogP contribution in [-0.4, -0.2) is 266 Å². The number of nitrogens with two attached hydrogens (primary N) is 1. The number of likely N-dealkylation sites (tertiary alicyclic amines) is 1. The summed E-state index contributed by atoms with van der Waals surface area (Å²) in [5.41, 5.74) is 3.65. The fourth-order valence-corrected chi connectivity index (χ4v) is 16.6. The monoisotopic (exact) mass is 1650 g/mol. The lowest BCUT2D eigenvalue weighted by molar-refractivity contribution is -0.324. The van der Waals surface area contributed by atoms with E-state index in [2.05, 4.69) is 40.9 Å². The van der Waals surface area contributed by atoms with Gasteiger partial charge in [-0.05, 0) is 103 Å². The van der Waals surface area contributed by atoms with Crippen LogP contribution in [0.15, 0.2) is 64.5 Å². The molecule has 13 N–H and O–H groups in total. The Morgan fingerprint density at radius 2 is 1.51 bits per heavy atom. The van der Waals surface area contributed by atoms with Crippen molar-refractivity contribution in [1.29, 1.82) is 0 Å². The van der Waals surface area contributed by atoms with Crippen LogP contribution < -0.4 is 27.2 Å². The summed E-state index contributed by atoms with van der Waals surface area (Å²) in [5.74, 6) is -15.4. The maximum absolute atomic E-state index is 14.1. The average Bonchev–Trinajstić information content (AvgIpc) is 0.989. The van der Waals surface area contributed by atoms with Crippen LogP contribution in [0.25, 0.3) is 11.2 Å². The molecule has 9 unspecified atom stereocenters. The van der Waals surface area contributed by atoms with Crippen molar-refractivity contribution in [3.63, 3.8) is 0 Å². The standard InChI is InChI=1S/C78H93N11O27S/c1-8-78(109)29-52(60-44(62(78)76(108)110-7)25-45-61(66(60)98)65(97)59-43(64(45)96)10-9-11-50(59)92)114-57-26-49(88(5)6)67(35(3)112-57)116-58-27-51(93)68(36(4)113-58)115-56-21-19-46(34(2)111-56)81-32-42(91)22-23-89-55(95)28-53(72(89)101)117-33-48(75(106)107)84-54(94)20-14-38(73(102)103)24-41(90)17-18-47(74(104)105)85-70(99)37-12-15-39(16-13-37)80-30-40-31-82-69-63(83-40)71(100)87-77(79)86-69/h9-13,15-16,25,31,34-36,38,47-49,51-53,56-58,62,67-68,80,92-93,98,109H,8,14,17-24,26-30,32-33H2,1-7H3,(H,84,94)(H,85,99)(H,102,103)(H,104,105)(H,106,107)(H3,79,82,86,87,100)/t34?,35?,36?,38?,47?,48?,49?,51?,52-,53?,56-,57-,58-,62-,67+,68+,78+/m0/s1. The summed E-state index contributed by atoms with van der Waals surface area (Å²) >= 11 is 0.784. The summed E-state index contributed by atoms with van der Waals surface area (Å²) in [6, 6.07) is 7.57. The number of rotatable bonds is 34.